The zero-order chi connectivity index (χ0) is 16.1. The summed E-state index contributed by atoms with van der Waals surface area (Å²) < 4.78 is 5.61. The van der Waals surface area contributed by atoms with Gasteiger partial charge in [-0.1, -0.05) is 12.8 Å². The van der Waals surface area contributed by atoms with Gasteiger partial charge in [0.25, 0.3) is 5.91 Å². The highest BCUT2D eigenvalue weighted by Gasteiger charge is 2.21. The predicted octanol–water partition coefficient (Wildman–Crippen LogP) is 2.59. The molecule has 2 amide bonds. The highest BCUT2D eigenvalue weighted by molar-refractivity contribution is 5.95. The minimum absolute atomic E-state index is 0.0608. The van der Waals surface area contributed by atoms with Gasteiger partial charge in [0.15, 0.2) is 6.61 Å². The van der Waals surface area contributed by atoms with E-state index in [2.05, 4.69) is 0 Å². The molecule has 2 saturated heterocycles. The number of anilines is 1. The lowest BCUT2D eigenvalue weighted by molar-refractivity contribution is -0.133. The second kappa shape index (κ2) is 7.49. The van der Waals surface area contributed by atoms with Crippen LogP contribution in [0.15, 0.2) is 24.3 Å². The number of benzene rings is 1. The number of amides is 2. The summed E-state index contributed by atoms with van der Waals surface area (Å²) in [7, 11) is 0. The molecule has 0 unspecified atom stereocenters. The Morgan fingerprint density at radius 3 is 2.26 bits per heavy atom. The zero-order valence-electron chi connectivity index (χ0n) is 13.5. The highest BCUT2D eigenvalue weighted by Crippen LogP contribution is 2.24. The smallest absolute Gasteiger partial charge is 0.260 e. The lowest BCUT2D eigenvalue weighted by Crippen LogP contribution is -2.35. The first-order chi connectivity index (χ1) is 11.2. The molecule has 124 valence electrons. The third kappa shape index (κ3) is 4.03. The average molecular weight is 316 g/mol. The molecule has 0 atom stereocenters. The Labute approximate surface area is 137 Å². The molecule has 23 heavy (non-hydrogen) atoms. The standard InChI is InChI=1S/C18H24N2O3/c21-17-6-5-13-20(17)15-7-9-16(10-8-15)23-14-18(22)19-11-3-1-2-4-12-19/h7-10H,1-6,11-14H2. The van der Waals surface area contributed by atoms with Crippen molar-refractivity contribution in [3.05, 3.63) is 24.3 Å². The average Bonchev–Trinajstić information content (AvgIpc) is 2.84. The molecule has 1 aromatic carbocycles. The van der Waals surface area contributed by atoms with Gasteiger partial charge < -0.3 is 14.5 Å². The maximum Gasteiger partial charge on any atom is 0.260 e. The molecule has 0 spiro atoms. The number of likely N-dealkylation sites (tertiary alicyclic amines) is 1. The second-order valence-electron chi connectivity index (χ2n) is 6.23. The van der Waals surface area contributed by atoms with Gasteiger partial charge in [-0.25, -0.2) is 0 Å². The molecule has 2 fully saturated rings. The van der Waals surface area contributed by atoms with E-state index in [0.717, 1.165) is 44.6 Å². The van der Waals surface area contributed by atoms with Crippen LogP contribution in [0.25, 0.3) is 0 Å². The van der Waals surface area contributed by atoms with E-state index in [1.807, 2.05) is 29.2 Å². The van der Waals surface area contributed by atoms with Crippen LogP contribution in [-0.4, -0.2) is 43.0 Å². The van der Waals surface area contributed by atoms with Gasteiger partial charge in [0, 0.05) is 31.7 Å². The number of hydrogen-bond acceptors (Lipinski definition) is 3. The number of rotatable bonds is 4. The Kier molecular flexibility index (Phi) is 5.16. The van der Waals surface area contributed by atoms with Crippen molar-refractivity contribution in [1.29, 1.82) is 0 Å². The monoisotopic (exact) mass is 316 g/mol. The van der Waals surface area contributed by atoms with Gasteiger partial charge in [0.05, 0.1) is 0 Å². The summed E-state index contributed by atoms with van der Waals surface area (Å²) in [4.78, 5) is 27.6. The summed E-state index contributed by atoms with van der Waals surface area (Å²) in [6, 6.07) is 7.43. The van der Waals surface area contributed by atoms with E-state index in [-0.39, 0.29) is 18.4 Å². The minimum atomic E-state index is 0.0608. The predicted molar refractivity (Wildman–Crippen MR) is 88.6 cm³/mol. The third-order valence-corrected chi connectivity index (χ3v) is 4.54. The SMILES string of the molecule is O=C(COc1ccc(N2CCCC2=O)cc1)N1CCCCCC1. The van der Waals surface area contributed by atoms with Crippen LogP contribution in [0.4, 0.5) is 5.69 Å². The van der Waals surface area contributed by atoms with Gasteiger partial charge >= 0.3 is 0 Å². The molecule has 5 nitrogen and oxygen atoms in total. The van der Waals surface area contributed by atoms with E-state index >= 15 is 0 Å². The van der Waals surface area contributed by atoms with Crippen molar-refractivity contribution in [2.24, 2.45) is 0 Å². The first kappa shape index (κ1) is 15.8. The van der Waals surface area contributed by atoms with E-state index in [9.17, 15) is 9.59 Å². The van der Waals surface area contributed by atoms with Crippen LogP contribution in [-0.2, 0) is 9.59 Å². The normalized spacial score (nSPS) is 18.9. The molecule has 0 radical (unpaired) electrons. The fourth-order valence-corrected chi connectivity index (χ4v) is 3.20. The first-order valence-corrected chi connectivity index (χ1v) is 8.55. The number of ether oxygens (including phenoxy) is 1. The molecule has 0 saturated carbocycles. The Hall–Kier alpha value is -2.04. The van der Waals surface area contributed by atoms with Crippen molar-refractivity contribution >= 4 is 17.5 Å². The van der Waals surface area contributed by atoms with Crippen LogP contribution in [0.2, 0.25) is 0 Å². The maximum absolute atomic E-state index is 12.2. The fourth-order valence-electron chi connectivity index (χ4n) is 3.20. The van der Waals surface area contributed by atoms with Gasteiger partial charge in [0.2, 0.25) is 5.91 Å². The molecule has 2 aliphatic heterocycles. The molecule has 2 aliphatic rings. The Morgan fingerprint density at radius 2 is 1.65 bits per heavy atom. The summed E-state index contributed by atoms with van der Waals surface area (Å²) in [5, 5.41) is 0. The van der Waals surface area contributed by atoms with Crippen LogP contribution in [0.5, 0.6) is 5.75 Å². The van der Waals surface area contributed by atoms with Crippen LogP contribution >= 0.6 is 0 Å². The van der Waals surface area contributed by atoms with E-state index in [4.69, 9.17) is 4.74 Å². The molecule has 2 heterocycles. The summed E-state index contributed by atoms with van der Waals surface area (Å²) >= 11 is 0. The lowest BCUT2D eigenvalue weighted by atomic mass is 10.2. The number of carbonyl (C=O) groups excluding carboxylic acids is 2. The van der Waals surface area contributed by atoms with E-state index in [1.54, 1.807) is 4.90 Å². The molecule has 0 aromatic heterocycles. The molecule has 0 aliphatic carbocycles. The van der Waals surface area contributed by atoms with Crippen molar-refractivity contribution in [2.45, 2.75) is 38.5 Å². The van der Waals surface area contributed by atoms with Gasteiger partial charge in [-0.15, -0.1) is 0 Å². The third-order valence-electron chi connectivity index (χ3n) is 4.54. The van der Waals surface area contributed by atoms with Crippen molar-refractivity contribution in [2.75, 3.05) is 31.1 Å². The molecule has 5 heteroatoms. The van der Waals surface area contributed by atoms with Crippen molar-refractivity contribution in [3.8, 4) is 5.75 Å². The second-order valence-corrected chi connectivity index (χ2v) is 6.23. The molecule has 3 rings (SSSR count). The Morgan fingerprint density at radius 1 is 0.957 bits per heavy atom. The van der Waals surface area contributed by atoms with E-state index in [0.29, 0.717) is 12.2 Å². The number of nitrogens with zero attached hydrogens (tertiary/aromatic N) is 2. The topological polar surface area (TPSA) is 49.9 Å². The fraction of sp³-hybridized carbons (Fsp3) is 0.556. The van der Waals surface area contributed by atoms with Crippen LogP contribution < -0.4 is 9.64 Å². The molecular formula is C18H24N2O3. The highest BCUT2D eigenvalue weighted by atomic mass is 16.5. The maximum atomic E-state index is 12.2. The van der Waals surface area contributed by atoms with Crippen LogP contribution in [0.1, 0.15) is 38.5 Å². The van der Waals surface area contributed by atoms with Gasteiger partial charge in [-0.3, -0.25) is 9.59 Å². The van der Waals surface area contributed by atoms with Crippen LogP contribution in [0.3, 0.4) is 0 Å². The largest absolute Gasteiger partial charge is 0.484 e. The quantitative estimate of drug-likeness (QED) is 0.858. The Bertz CT molecular complexity index is 548. The van der Waals surface area contributed by atoms with Gasteiger partial charge in [0.1, 0.15) is 5.75 Å². The zero-order valence-corrected chi connectivity index (χ0v) is 13.5. The lowest BCUT2D eigenvalue weighted by Gasteiger charge is -2.20. The number of hydrogen-bond donors (Lipinski definition) is 0. The van der Waals surface area contributed by atoms with Crippen LogP contribution in [0, 0.1) is 0 Å². The minimum Gasteiger partial charge on any atom is -0.484 e. The molecular weight excluding hydrogens is 292 g/mol. The summed E-state index contributed by atoms with van der Waals surface area (Å²) in [5.41, 5.74) is 0.902. The van der Waals surface area contributed by atoms with Crippen molar-refractivity contribution < 1.29 is 14.3 Å². The first-order valence-electron chi connectivity index (χ1n) is 8.55. The molecule has 0 N–H and O–H groups in total. The van der Waals surface area contributed by atoms with E-state index < -0.39 is 0 Å². The molecule has 0 bridgehead atoms. The molecule has 1 aromatic rings. The summed E-state index contributed by atoms with van der Waals surface area (Å²) in [6.45, 7) is 2.56. The van der Waals surface area contributed by atoms with Crippen molar-refractivity contribution in [1.82, 2.24) is 4.90 Å². The van der Waals surface area contributed by atoms with E-state index in [1.165, 1.54) is 12.8 Å². The number of carbonyl (C=O) groups is 2. The summed E-state index contributed by atoms with van der Waals surface area (Å²) in [5.74, 6) is 0.907. The van der Waals surface area contributed by atoms with Crippen molar-refractivity contribution in [3.63, 3.8) is 0 Å². The summed E-state index contributed by atoms with van der Waals surface area (Å²) in [6.07, 6.45) is 6.14. The van der Waals surface area contributed by atoms with Gasteiger partial charge in [-0.05, 0) is 43.5 Å². The van der Waals surface area contributed by atoms with Gasteiger partial charge in [-0.2, -0.15) is 0 Å². The Balaban J connectivity index is 1.52.